The Kier molecular flexibility index (Phi) is 7.61. The lowest BCUT2D eigenvalue weighted by Crippen LogP contribution is -2.36. The minimum atomic E-state index is -0.344. The fraction of sp³-hybridized carbons (Fsp3) is 0.200. The summed E-state index contributed by atoms with van der Waals surface area (Å²) in [7, 11) is 0. The van der Waals surface area contributed by atoms with Crippen LogP contribution in [0.15, 0.2) is 78.9 Å². The molecule has 0 spiro atoms. The fourth-order valence-electron chi connectivity index (χ4n) is 3.12. The zero-order valence-electron chi connectivity index (χ0n) is 17.1. The number of ether oxygens (including phenoxy) is 1. The summed E-state index contributed by atoms with van der Waals surface area (Å²) in [6.45, 7) is 1.77. The molecule has 0 aliphatic rings. The molecule has 2 amide bonds. The van der Waals surface area contributed by atoms with Crippen molar-refractivity contribution in [1.82, 2.24) is 5.32 Å². The van der Waals surface area contributed by atoms with Gasteiger partial charge in [-0.3, -0.25) is 9.59 Å². The molecule has 0 atom stereocenters. The van der Waals surface area contributed by atoms with Gasteiger partial charge in [0.25, 0.3) is 5.91 Å². The van der Waals surface area contributed by atoms with Crippen LogP contribution in [0.1, 0.15) is 23.6 Å². The Labute approximate surface area is 177 Å². The average molecular weight is 402 g/mol. The molecule has 0 bridgehead atoms. The highest BCUT2D eigenvalue weighted by Gasteiger charge is 2.10. The first-order chi connectivity index (χ1) is 14.7. The minimum Gasteiger partial charge on any atom is -0.483 e. The lowest BCUT2D eigenvalue weighted by molar-refractivity contribution is -0.125. The minimum absolute atomic E-state index is 0.105. The summed E-state index contributed by atoms with van der Waals surface area (Å²) in [5.41, 5.74) is 3.99. The van der Waals surface area contributed by atoms with E-state index in [9.17, 15) is 9.59 Å². The molecule has 0 aliphatic carbocycles. The van der Waals surface area contributed by atoms with E-state index in [0.717, 1.165) is 29.7 Å². The number of carbonyl (C=O) groups excluding carboxylic acids is 2. The van der Waals surface area contributed by atoms with Gasteiger partial charge in [0, 0.05) is 12.1 Å². The van der Waals surface area contributed by atoms with Crippen LogP contribution in [0.2, 0.25) is 0 Å². The molecule has 0 saturated heterocycles. The second kappa shape index (κ2) is 10.8. The van der Waals surface area contributed by atoms with Gasteiger partial charge in [0.15, 0.2) is 6.61 Å². The van der Waals surface area contributed by atoms with Crippen molar-refractivity contribution in [2.45, 2.75) is 19.8 Å². The van der Waals surface area contributed by atoms with E-state index >= 15 is 0 Å². The lowest BCUT2D eigenvalue weighted by Gasteiger charge is -2.12. The number of para-hydroxylation sites is 2. The van der Waals surface area contributed by atoms with Crippen LogP contribution >= 0.6 is 0 Å². The monoisotopic (exact) mass is 402 g/mol. The number of benzene rings is 3. The van der Waals surface area contributed by atoms with E-state index in [1.54, 1.807) is 0 Å². The number of hydrogen-bond donors (Lipinski definition) is 2. The summed E-state index contributed by atoms with van der Waals surface area (Å²) in [6.07, 6.45) is 1.54. The van der Waals surface area contributed by atoms with Crippen LogP contribution in [-0.2, 0) is 22.4 Å². The maximum absolute atomic E-state index is 12.1. The van der Waals surface area contributed by atoms with Crippen molar-refractivity contribution in [3.05, 3.63) is 95.6 Å². The normalized spacial score (nSPS) is 10.3. The van der Waals surface area contributed by atoms with E-state index in [-0.39, 0.29) is 25.0 Å². The molecule has 5 heteroatoms. The standard InChI is InChI=1S/C25H26N2O3/c1-2-20-12-6-8-14-22(20)27-24(28)17-26-25(29)18-30-23-15-9-7-13-21(23)16-19-10-4-3-5-11-19/h3-15H,2,16-18H2,1H3,(H,26,29)(H,27,28). The Hall–Kier alpha value is -3.60. The van der Waals surface area contributed by atoms with Gasteiger partial charge in [0.1, 0.15) is 5.75 Å². The van der Waals surface area contributed by atoms with Gasteiger partial charge in [0.2, 0.25) is 5.91 Å². The Morgan fingerprint density at radius 1 is 0.800 bits per heavy atom. The van der Waals surface area contributed by atoms with E-state index < -0.39 is 0 Å². The molecule has 30 heavy (non-hydrogen) atoms. The van der Waals surface area contributed by atoms with Crippen LogP contribution in [0.5, 0.6) is 5.75 Å². The van der Waals surface area contributed by atoms with Crippen molar-refractivity contribution >= 4 is 17.5 Å². The molecule has 0 aromatic heterocycles. The molecule has 0 radical (unpaired) electrons. The predicted octanol–water partition coefficient (Wildman–Crippen LogP) is 3.97. The quantitative estimate of drug-likeness (QED) is 0.569. The highest BCUT2D eigenvalue weighted by Crippen LogP contribution is 2.21. The first kappa shape index (κ1) is 21.1. The van der Waals surface area contributed by atoms with Gasteiger partial charge in [-0.1, -0.05) is 73.7 Å². The van der Waals surface area contributed by atoms with Crippen LogP contribution in [0, 0.1) is 0 Å². The molecule has 3 aromatic carbocycles. The number of rotatable bonds is 9. The van der Waals surface area contributed by atoms with Crippen molar-refractivity contribution in [3.63, 3.8) is 0 Å². The number of aryl methyl sites for hydroxylation is 1. The van der Waals surface area contributed by atoms with E-state index in [0.29, 0.717) is 5.75 Å². The molecule has 3 aromatic rings. The topological polar surface area (TPSA) is 67.4 Å². The summed E-state index contributed by atoms with van der Waals surface area (Å²) in [5.74, 6) is 0.0509. The third kappa shape index (κ3) is 6.21. The van der Waals surface area contributed by atoms with Crippen LogP contribution in [-0.4, -0.2) is 25.0 Å². The summed E-state index contributed by atoms with van der Waals surface area (Å²) < 4.78 is 5.71. The number of amides is 2. The Morgan fingerprint density at radius 2 is 1.47 bits per heavy atom. The van der Waals surface area contributed by atoms with E-state index in [4.69, 9.17) is 4.74 Å². The third-order valence-electron chi connectivity index (χ3n) is 4.69. The zero-order chi connectivity index (χ0) is 21.2. The maximum Gasteiger partial charge on any atom is 0.258 e. The van der Waals surface area contributed by atoms with Crippen LogP contribution in [0.25, 0.3) is 0 Å². The highest BCUT2D eigenvalue weighted by atomic mass is 16.5. The molecule has 0 unspecified atom stereocenters. The molecular formula is C25H26N2O3. The van der Waals surface area contributed by atoms with Crippen molar-refractivity contribution in [2.75, 3.05) is 18.5 Å². The van der Waals surface area contributed by atoms with E-state index in [1.165, 1.54) is 5.56 Å². The van der Waals surface area contributed by atoms with Crippen LogP contribution in [0.4, 0.5) is 5.69 Å². The smallest absolute Gasteiger partial charge is 0.258 e. The second-order valence-electron chi connectivity index (χ2n) is 6.89. The molecule has 3 rings (SSSR count). The summed E-state index contributed by atoms with van der Waals surface area (Å²) in [5, 5.41) is 5.44. The first-order valence-corrected chi connectivity index (χ1v) is 10.0. The summed E-state index contributed by atoms with van der Waals surface area (Å²) in [4.78, 5) is 24.3. The molecular weight excluding hydrogens is 376 g/mol. The summed E-state index contributed by atoms with van der Waals surface area (Å²) >= 11 is 0. The van der Waals surface area contributed by atoms with Gasteiger partial charge >= 0.3 is 0 Å². The van der Waals surface area contributed by atoms with E-state index in [2.05, 4.69) is 22.8 Å². The van der Waals surface area contributed by atoms with Crippen molar-refractivity contribution < 1.29 is 14.3 Å². The van der Waals surface area contributed by atoms with Gasteiger partial charge in [0.05, 0.1) is 6.54 Å². The number of anilines is 1. The second-order valence-corrected chi connectivity index (χ2v) is 6.89. The Morgan fingerprint density at radius 3 is 2.23 bits per heavy atom. The fourth-order valence-corrected chi connectivity index (χ4v) is 3.12. The predicted molar refractivity (Wildman–Crippen MR) is 119 cm³/mol. The van der Waals surface area contributed by atoms with Gasteiger partial charge in [-0.15, -0.1) is 0 Å². The third-order valence-corrected chi connectivity index (χ3v) is 4.69. The Bertz CT molecular complexity index is 986. The maximum atomic E-state index is 12.1. The molecule has 0 heterocycles. The molecule has 5 nitrogen and oxygen atoms in total. The number of nitrogens with one attached hydrogen (secondary N) is 2. The molecule has 154 valence electrons. The van der Waals surface area contributed by atoms with Gasteiger partial charge in [-0.05, 0) is 35.2 Å². The molecule has 0 saturated carbocycles. The zero-order valence-corrected chi connectivity index (χ0v) is 17.1. The molecule has 0 fully saturated rings. The first-order valence-electron chi connectivity index (χ1n) is 10.0. The van der Waals surface area contributed by atoms with Crippen LogP contribution in [0.3, 0.4) is 0 Å². The SMILES string of the molecule is CCc1ccccc1NC(=O)CNC(=O)COc1ccccc1Cc1ccccc1. The number of hydrogen-bond acceptors (Lipinski definition) is 3. The summed E-state index contributed by atoms with van der Waals surface area (Å²) in [6, 6.07) is 25.4. The van der Waals surface area contributed by atoms with Gasteiger partial charge in [-0.2, -0.15) is 0 Å². The van der Waals surface area contributed by atoms with Crippen molar-refractivity contribution in [1.29, 1.82) is 0 Å². The molecule has 0 aliphatic heterocycles. The average Bonchev–Trinajstić information content (AvgIpc) is 2.78. The Balaban J connectivity index is 1.48. The van der Waals surface area contributed by atoms with Gasteiger partial charge < -0.3 is 15.4 Å². The molecule has 2 N–H and O–H groups in total. The van der Waals surface area contributed by atoms with Gasteiger partial charge in [-0.25, -0.2) is 0 Å². The van der Waals surface area contributed by atoms with Crippen LogP contribution < -0.4 is 15.4 Å². The largest absolute Gasteiger partial charge is 0.483 e. The highest BCUT2D eigenvalue weighted by molar-refractivity contribution is 5.95. The van der Waals surface area contributed by atoms with Crippen molar-refractivity contribution in [3.8, 4) is 5.75 Å². The van der Waals surface area contributed by atoms with Crippen molar-refractivity contribution in [2.24, 2.45) is 0 Å². The number of carbonyl (C=O) groups is 2. The van der Waals surface area contributed by atoms with E-state index in [1.807, 2.05) is 73.7 Å². The lowest BCUT2D eigenvalue weighted by atomic mass is 10.0.